The van der Waals surface area contributed by atoms with Crippen LogP contribution in [0.5, 0.6) is 0 Å². The summed E-state index contributed by atoms with van der Waals surface area (Å²) in [6.45, 7) is 3.82. The standard InChI is InChI=1S/C13H18N2O.ClH/c1-10-4-6-11(7-5-10)13(16)15-9-12-3-2-8-14-12;/h4-7,12,14H,2-3,8-9H2,1H3,(H,15,16);1H. The zero-order valence-electron chi connectivity index (χ0n) is 10.0. The zero-order valence-corrected chi connectivity index (χ0v) is 10.8. The van der Waals surface area contributed by atoms with Crippen molar-refractivity contribution in [1.29, 1.82) is 0 Å². The van der Waals surface area contributed by atoms with E-state index in [1.165, 1.54) is 12.0 Å². The highest BCUT2D eigenvalue weighted by atomic mass is 35.5. The molecule has 1 aromatic rings. The Morgan fingerprint density at radius 2 is 2.12 bits per heavy atom. The topological polar surface area (TPSA) is 41.1 Å². The summed E-state index contributed by atoms with van der Waals surface area (Å²) in [6.07, 6.45) is 2.37. The average Bonchev–Trinajstić information content (AvgIpc) is 2.80. The van der Waals surface area contributed by atoms with Crippen molar-refractivity contribution >= 4 is 18.3 Å². The third-order valence-electron chi connectivity index (χ3n) is 2.99. The minimum atomic E-state index is 0. The van der Waals surface area contributed by atoms with Crippen molar-refractivity contribution in [2.45, 2.75) is 25.8 Å². The maximum atomic E-state index is 11.8. The lowest BCUT2D eigenvalue weighted by atomic mass is 10.1. The first-order valence-corrected chi connectivity index (χ1v) is 5.84. The van der Waals surface area contributed by atoms with Gasteiger partial charge in [0.2, 0.25) is 0 Å². The Balaban J connectivity index is 0.00000144. The van der Waals surface area contributed by atoms with Crippen LogP contribution in [0.2, 0.25) is 0 Å². The molecule has 1 aliphatic rings. The number of hydrogen-bond donors (Lipinski definition) is 2. The molecule has 1 heterocycles. The summed E-state index contributed by atoms with van der Waals surface area (Å²) in [6, 6.07) is 8.11. The van der Waals surface area contributed by atoms with Gasteiger partial charge in [-0.3, -0.25) is 4.79 Å². The molecule has 0 aliphatic carbocycles. The fourth-order valence-electron chi connectivity index (χ4n) is 1.95. The van der Waals surface area contributed by atoms with Crippen LogP contribution in [0.4, 0.5) is 0 Å². The molecule has 4 heteroatoms. The molecule has 0 saturated carbocycles. The molecule has 1 fully saturated rings. The molecule has 0 aromatic heterocycles. The van der Waals surface area contributed by atoms with E-state index in [2.05, 4.69) is 10.6 Å². The number of nitrogens with one attached hydrogen (secondary N) is 2. The molecule has 1 aliphatic heterocycles. The molecule has 1 amide bonds. The van der Waals surface area contributed by atoms with Crippen LogP contribution in [0.1, 0.15) is 28.8 Å². The maximum absolute atomic E-state index is 11.8. The van der Waals surface area contributed by atoms with Gasteiger partial charge in [0.25, 0.3) is 5.91 Å². The Kier molecular flexibility index (Phi) is 5.45. The number of benzene rings is 1. The van der Waals surface area contributed by atoms with E-state index in [9.17, 15) is 4.79 Å². The van der Waals surface area contributed by atoms with Gasteiger partial charge in [-0.1, -0.05) is 17.7 Å². The Morgan fingerprint density at radius 3 is 2.71 bits per heavy atom. The van der Waals surface area contributed by atoms with Gasteiger partial charge >= 0.3 is 0 Å². The van der Waals surface area contributed by atoms with Crippen LogP contribution >= 0.6 is 12.4 Å². The van der Waals surface area contributed by atoms with Gasteiger partial charge in [-0.15, -0.1) is 12.4 Å². The molecule has 0 bridgehead atoms. The smallest absolute Gasteiger partial charge is 0.251 e. The van der Waals surface area contributed by atoms with E-state index in [0.717, 1.165) is 25.1 Å². The Labute approximate surface area is 108 Å². The predicted octanol–water partition coefficient (Wildman–Crippen LogP) is 1.90. The van der Waals surface area contributed by atoms with Crippen molar-refractivity contribution in [3.63, 3.8) is 0 Å². The van der Waals surface area contributed by atoms with Crippen molar-refractivity contribution in [3.8, 4) is 0 Å². The highest BCUT2D eigenvalue weighted by Crippen LogP contribution is 2.05. The number of carbonyl (C=O) groups excluding carboxylic acids is 1. The lowest BCUT2D eigenvalue weighted by molar-refractivity contribution is 0.0950. The molecule has 2 rings (SSSR count). The quantitative estimate of drug-likeness (QED) is 0.865. The van der Waals surface area contributed by atoms with Gasteiger partial charge in [0.1, 0.15) is 0 Å². The summed E-state index contributed by atoms with van der Waals surface area (Å²) in [4.78, 5) is 11.8. The molecule has 1 unspecified atom stereocenters. The van der Waals surface area contributed by atoms with Crippen molar-refractivity contribution in [1.82, 2.24) is 10.6 Å². The van der Waals surface area contributed by atoms with Crippen molar-refractivity contribution < 1.29 is 4.79 Å². The van der Waals surface area contributed by atoms with Crippen LogP contribution in [0.3, 0.4) is 0 Å². The number of halogens is 1. The lowest BCUT2D eigenvalue weighted by Gasteiger charge is -2.11. The van der Waals surface area contributed by atoms with E-state index in [1.807, 2.05) is 31.2 Å². The first-order chi connectivity index (χ1) is 7.75. The number of carbonyl (C=O) groups is 1. The second-order valence-electron chi connectivity index (χ2n) is 4.37. The molecule has 0 radical (unpaired) electrons. The summed E-state index contributed by atoms with van der Waals surface area (Å²) in [5.74, 6) is 0.0219. The predicted molar refractivity (Wildman–Crippen MR) is 71.8 cm³/mol. The van der Waals surface area contributed by atoms with E-state index in [-0.39, 0.29) is 18.3 Å². The van der Waals surface area contributed by atoms with Crippen LogP contribution < -0.4 is 10.6 Å². The molecular weight excluding hydrogens is 236 g/mol. The van der Waals surface area contributed by atoms with Crippen LogP contribution in [-0.2, 0) is 0 Å². The molecule has 1 saturated heterocycles. The normalized spacial score (nSPS) is 18.5. The zero-order chi connectivity index (χ0) is 11.4. The molecule has 1 aromatic carbocycles. The SMILES string of the molecule is Cc1ccc(C(=O)NCC2CCCN2)cc1.Cl. The van der Waals surface area contributed by atoms with E-state index >= 15 is 0 Å². The van der Waals surface area contributed by atoms with Gasteiger partial charge in [-0.2, -0.15) is 0 Å². The van der Waals surface area contributed by atoms with Crippen LogP contribution in [0, 0.1) is 6.92 Å². The van der Waals surface area contributed by atoms with Gasteiger partial charge in [0.05, 0.1) is 0 Å². The minimum absolute atomic E-state index is 0. The van der Waals surface area contributed by atoms with E-state index < -0.39 is 0 Å². The number of hydrogen-bond acceptors (Lipinski definition) is 2. The van der Waals surface area contributed by atoms with Gasteiger partial charge in [-0.05, 0) is 38.4 Å². The fourth-order valence-corrected chi connectivity index (χ4v) is 1.95. The van der Waals surface area contributed by atoms with Crippen LogP contribution in [-0.4, -0.2) is 25.0 Å². The Bertz CT molecular complexity index is 358. The van der Waals surface area contributed by atoms with E-state index in [0.29, 0.717) is 6.04 Å². The molecule has 0 spiro atoms. The number of amides is 1. The van der Waals surface area contributed by atoms with E-state index in [1.54, 1.807) is 0 Å². The first-order valence-electron chi connectivity index (χ1n) is 5.84. The fraction of sp³-hybridized carbons (Fsp3) is 0.462. The summed E-state index contributed by atoms with van der Waals surface area (Å²) < 4.78 is 0. The number of aryl methyl sites for hydroxylation is 1. The highest BCUT2D eigenvalue weighted by Gasteiger charge is 2.14. The molecule has 17 heavy (non-hydrogen) atoms. The van der Waals surface area contributed by atoms with Crippen LogP contribution in [0.15, 0.2) is 24.3 Å². The summed E-state index contributed by atoms with van der Waals surface area (Å²) in [5.41, 5.74) is 1.91. The second-order valence-corrected chi connectivity index (χ2v) is 4.37. The summed E-state index contributed by atoms with van der Waals surface area (Å²) >= 11 is 0. The van der Waals surface area contributed by atoms with Gasteiger partial charge in [0, 0.05) is 18.2 Å². The average molecular weight is 255 g/mol. The molecular formula is C13H19ClN2O. The van der Waals surface area contributed by atoms with Gasteiger partial charge in [0.15, 0.2) is 0 Å². The minimum Gasteiger partial charge on any atom is -0.350 e. The van der Waals surface area contributed by atoms with Crippen LogP contribution in [0.25, 0.3) is 0 Å². The van der Waals surface area contributed by atoms with Gasteiger partial charge < -0.3 is 10.6 Å². The Hall–Kier alpha value is -1.06. The molecule has 2 N–H and O–H groups in total. The van der Waals surface area contributed by atoms with Gasteiger partial charge in [-0.25, -0.2) is 0 Å². The molecule has 3 nitrogen and oxygen atoms in total. The summed E-state index contributed by atoms with van der Waals surface area (Å²) in [7, 11) is 0. The first kappa shape index (κ1) is 14.0. The third kappa shape index (κ3) is 4.02. The molecule has 1 atom stereocenters. The van der Waals surface area contributed by atoms with Crippen molar-refractivity contribution in [2.24, 2.45) is 0 Å². The Morgan fingerprint density at radius 1 is 1.41 bits per heavy atom. The molecule has 94 valence electrons. The summed E-state index contributed by atoms with van der Waals surface area (Å²) in [5, 5.41) is 6.32. The van der Waals surface area contributed by atoms with Crippen molar-refractivity contribution in [2.75, 3.05) is 13.1 Å². The lowest BCUT2D eigenvalue weighted by Crippen LogP contribution is -2.37. The maximum Gasteiger partial charge on any atom is 0.251 e. The number of rotatable bonds is 3. The second kappa shape index (κ2) is 6.62. The van der Waals surface area contributed by atoms with Crippen molar-refractivity contribution in [3.05, 3.63) is 35.4 Å². The van der Waals surface area contributed by atoms with E-state index in [4.69, 9.17) is 0 Å². The largest absolute Gasteiger partial charge is 0.350 e. The third-order valence-corrected chi connectivity index (χ3v) is 2.99. The monoisotopic (exact) mass is 254 g/mol. The highest BCUT2D eigenvalue weighted by molar-refractivity contribution is 5.94.